The lowest BCUT2D eigenvalue weighted by Gasteiger charge is -2.51. The monoisotopic (exact) mass is 532 g/mol. The predicted octanol–water partition coefficient (Wildman–Crippen LogP) is 6.73. The Hall–Kier alpha value is -3.83. The zero-order chi connectivity index (χ0) is 27.4. The van der Waals surface area contributed by atoms with Gasteiger partial charge in [-0.15, -0.1) is 0 Å². The molecule has 3 aromatic carbocycles. The summed E-state index contributed by atoms with van der Waals surface area (Å²) < 4.78 is 47.7. The van der Waals surface area contributed by atoms with Crippen LogP contribution >= 0.6 is 0 Å². The zero-order valence-electron chi connectivity index (χ0n) is 21.1. The molecule has 2 aliphatic heterocycles. The Bertz CT molecular complexity index is 1420. The summed E-state index contributed by atoms with van der Waals surface area (Å²) in [5.41, 5.74) is 1.31. The van der Waals surface area contributed by atoms with Gasteiger partial charge < -0.3 is 14.7 Å². The molecule has 2 heterocycles. The van der Waals surface area contributed by atoms with E-state index in [1.54, 1.807) is 11.0 Å². The van der Waals surface area contributed by atoms with Crippen LogP contribution in [0.4, 0.5) is 18.0 Å². The summed E-state index contributed by atoms with van der Waals surface area (Å²) in [6, 6.07) is 20.2. The molecule has 1 N–H and O–H groups in total. The molecule has 1 amide bonds. The molecule has 2 saturated heterocycles. The van der Waals surface area contributed by atoms with E-state index in [2.05, 4.69) is 12.1 Å². The van der Waals surface area contributed by atoms with Crippen LogP contribution in [0.5, 0.6) is 0 Å². The van der Waals surface area contributed by atoms with E-state index in [-0.39, 0.29) is 36.5 Å². The number of hydrogen-bond acceptors (Lipinski definition) is 4. The minimum Gasteiger partial charge on any atom is -0.448 e. The van der Waals surface area contributed by atoms with Gasteiger partial charge in [-0.05, 0) is 59.2 Å². The van der Waals surface area contributed by atoms with Gasteiger partial charge in [0.05, 0.1) is 22.8 Å². The topological polar surface area (TPSA) is 73.6 Å². The second-order valence-corrected chi connectivity index (χ2v) is 10.8. The highest BCUT2D eigenvalue weighted by Crippen LogP contribution is 2.49. The van der Waals surface area contributed by atoms with Gasteiger partial charge in [0.15, 0.2) is 0 Å². The van der Waals surface area contributed by atoms with Gasteiger partial charge in [0.2, 0.25) is 0 Å². The van der Waals surface area contributed by atoms with E-state index in [1.165, 1.54) is 12.1 Å². The molecule has 0 spiro atoms. The lowest BCUT2D eigenvalue weighted by atomic mass is 9.71. The van der Waals surface area contributed by atoms with Gasteiger partial charge in [0, 0.05) is 30.8 Å². The lowest BCUT2D eigenvalue weighted by Crippen LogP contribution is -2.59. The smallest absolute Gasteiger partial charge is 0.416 e. The quantitative estimate of drug-likeness (QED) is 0.406. The normalized spacial score (nSPS) is 24.0. The molecular weight excluding hydrogens is 505 g/mol. The number of ether oxygens (including phenoxy) is 1. The fourth-order valence-corrected chi connectivity index (χ4v) is 6.87. The number of piperidine rings is 2. The molecule has 2 bridgehead atoms. The van der Waals surface area contributed by atoms with E-state index in [9.17, 15) is 23.1 Å². The van der Waals surface area contributed by atoms with Crippen molar-refractivity contribution < 1.29 is 27.8 Å². The van der Waals surface area contributed by atoms with Crippen LogP contribution < -0.4 is 0 Å². The number of benzene rings is 3. The van der Waals surface area contributed by atoms with Crippen LogP contribution in [0.15, 0.2) is 66.7 Å². The average molecular weight is 533 g/mol. The first kappa shape index (κ1) is 25.4. The number of nitrogens with zero attached hydrogens (tertiary/aromatic N) is 2. The van der Waals surface area contributed by atoms with Crippen molar-refractivity contribution in [2.45, 2.75) is 61.9 Å². The maximum atomic E-state index is 13.9. The Morgan fingerprint density at radius 3 is 2.15 bits per heavy atom. The van der Waals surface area contributed by atoms with Gasteiger partial charge >= 0.3 is 12.3 Å². The third-order valence-electron chi connectivity index (χ3n) is 8.51. The second kappa shape index (κ2) is 9.42. The number of nitriles is 1. The van der Waals surface area contributed by atoms with Crippen LogP contribution in [0.2, 0.25) is 0 Å². The molecular formula is C31H27F3N2O3. The van der Waals surface area contributed by atoms with Crippen LogP contribution in [0.3, 0.4) is 0 Å². The number of hydrogen-bond donors (Lipinski definition) is 1. The Kier molecular flexibility index (Phi) is 6.15. The van der Waals surface area contributed by atoms with Gasteiger partial charge in [-0.1, -0.05) is 54.6 Å². The number of carbonyl (C=O) groups excluding carboxylic acids is 1. The fourth-order valence-electron chi connectivity index (χ4n) is 6.87. The molecule has 2 fully saturated rings. The summed E-state index contributed by atoms with van der Waals surface area (Å²) in [5, 5.41) is 20.7. The summed E-state index contributed by atoms with van der Waals surface area (Å²) in [7, 11) is 0. The number of alkyl halides is 3. The van der Waals surface area contributed by atoms with E-state index in [1.807, 2.05) is 36.4 Å². The van der Waals surface area contributed by atoms with Crippen molar-refractivity contribution >= 4 is 6.09 Å². The molecule has 1 aliphatic carbocycles. The minimum absolute atomic E-state index is 0.0251. The van der Waals surface area contributed by atoms with E-state index in [0.717, 1.165) is 34.7 Å². The van der Waals surface area contributed by atoms with Crippen molar-refractivity contribution in [3.63, 3.8) is 0 Å². The molecule has 0 aromatic heterocycles. The van der Waals surface area contributed by atoms with Gasteiger partial charge in [0.25, 0.3) is 0 Å². The Morgan fingerprint density at radius 1 is 1.00 bits per heavy atom. The van der Waals surface area contributed by atoms with Crippen LogP contribution in [-0.2, 0) is 16.5 Å². The number of aliphatic hydroxyl groups is 1. The standard InChI is InChI=1S/C31H27F3N2O3/c32-31(33,34)28-14-19(17-35)12-13-27(28)30(38)15-20-6-5-7-21(16-30)36(20)29(37)39-18-26-24-10-3-1-8-22(24)23-9-2-4-11-25(23)26/h1-4,8-14,20-21,26,38H,5-7,15-16,18H2. The zero-order valence-corrected chi connectivity index (χ0v) is 21.1. The van der Waals surface area contributed by atoms with Crippen molar-refractivity contribution in [3.8, 4) is 17.2 Å². The van der Waals surface area contributed by atoms with Gasteiger partial charge in [-0.25, -0.2) is 4.79 Å². The first-order chi connectivity index (χ1) is 18.7. The summed E-state index contributed by atoms with van der Waals surface area (Å²) in [6.07, 6.45) is -3.31. The highest BCUT2D eigenvalue weighted by Gasteiger charge is 2.51. The highest BCUT2D eigenvalue weighted by molar-refractivity contribution is 5.79. The average Bonchev–Trinajstić information content (AvgIpc) is 3.24. The highest BCUT2D eigenvalue weighted by atomic mass is 19.4. The largest absolute Gasteiger partial charge is 0.448 e. The minimum atomic E-state index is -4.73. The Morgan fingerprint density at radius 2 is 1.59 bits per heavy atom. The first-order valence-electron chi connectivity index (χ1n) is 13.2. The third kappa shape index (κ3) is 4.35. The molecule has 2 atom stereocenters. The molecule has 0 saturated carbocycles. The molecule has 3 aromatic rings. The fraction of sp³-hybridized carbons (Fsp3) is 0.355. The lowest BCUT2D eigenvalue weighted by molar-refractivity contribution is -0.144. The summed E-state index contributed by atoms with van der Waals surface area (Å²) in [5.74, 6) is -0.101. The number of fused-ring (bicyclic) bond motifs is 5. The third-order valence-corrected chi connectivity index (χ3v) is 8.51. The molecule has 3 aliphatic rings. The maximum Gasteiger partial charge on any atom is 0.416 e. The number of carbonyl (C=O) groups is 1. The Labute approximate surface area is 224 Å². The van der Waals surface area contributed by atoms with Crippen molar-refractivity contribution in [1.29, 1.82) is 5.26 Å². The van der Waals surface area contributed by atoms with E-state index in [4.69, 9.17) is 10.00 Å². The van der Waals surface area contributed by atoms with Crippen molar-refractivity contribution in [1.82, 2.24) is 4.90 Å². The van der Waals surface area contributed by atoms with Gasteiger partial charge in [-0.2, -0.15) is 18.4 Å². The molecule has 5 nitrogen and oxygen atoms in total. The van der Waals surface area contributed by atoms with Gasteiger partial charge in [-0.3, -0.25) is 0 Å². The van der Waals surface area contributed by atoms with E-state index in [0.29, 0.717) is 12.8 Å². The molecule has 39 heavy (non-hydrogen) atoms. The van der Waals surface area contributed by atoms with E-state index >= 15 is 0 Å². The van der Waals surface area contributed by atoms with Crippen molar-refractivity contribution in [2.75, 3.05) is 6.61 Å². The summed E-state index contributed by atoms with van der Waals surface area (Å²) in [6.45, 7) is 0.154. The van der Waals surface area contributed by atoms with E-state index < -0.39 is 35.5 Å². The summed E-state index contributed by atoms with van der Waals surface area (Å²) in [4.78, 5) is 15.1. The summed E-state index contributed by atoms with van der Waals surface area (Å²) >= 11 is 0. The predicted molar refractivity (Wildman–Crippen MR) is 138 cm³/mol. The molecule has 0 radical (unpaired) electrons. The van der Waals surface area contributed by atoms with Crippen LogP contribution in [0.1, 0.15) is 65.8 Å². The SMILES string of the molecule is N#Cc1ccc(C2(O)CC3CCCC(C2)N3C(=O)OCC2c3ccccc3-c3ccccc32)c(C(F)(F)F)c1. The second-order valence-electron chi connectivity index (χ2n) is 10.8. The molecule has 200 valence electrons. The van der Waals surface area contributed by atoms with Gasteiger partial charge in [0.1, 0.15) is 6.61 Å². The number of rotatable bonds is 3. The van der Waals surface area contributed by atoms with Crippen molar-refractivity contribution in [2.24, 2.45) is 0 Å². The molecule has 8 heteroatoms. The van der Waals surface area contributed by atoms with Crippen LogP contribution in [0.25, 0.3) is 11.1 Å². The molecule has 2 unspecified atom stereocenters. The van der Waals surface area contributed by atoms with Crippen molar-refractivity contribution in [3.05, 3.63) is 94.5 Å². The molecule has 6 rings (SSSR count). The first-order valence-corrected chi connectivity index (χ1v) is 13.2. The van der Waals surface area contributed by atoms with Crippen LogP contribution in [-0.4, -0.2) is 34.8 Å². The van der Waals surface area contributed by atoms with Crippen LogP contribution in [0, 0.1) is 11.3 Å². The number of halogens is 3. The number of amides is 1. The maximum absolute atomic E-state index is 13.9. The Balaban J connectivity index is 1.23.